The number of benzene rings is 2. The Morgan fingerprint density at radius 1 is 1.10 bits per heavy atom. The van der Waals surface area contributed by atoms with E-state index >= 15 is 0 Å². The van der Waals surface area contributed by atoms with Gasteiger partial charge >= 0.3 is 0 Å². The van der Waals surface area contributed by atoms with Gasteiger partial charge in [-0.05, 0) is 48.9 Å². The number of rotatable bonds is 3. The van der Waals surface area contributed by atoms with Crippen LogP contribution in [0.2, 0.25) is 0 Å². The molecule has 2 aromatic carbocycles. The van der Waals surface area contributed by atoms with Crippen LogP contribution in [-0.2, 0) is 0 Å². The third-order valence-electron chi connectivity index (χ3n) is 2.80. The molecule has 0 aromatic heterocycles. The molecular weight excluding hydrogens is 259 g/mol. The maximum absolute atomic E-state index is 13.7. The van der Waals surface area contributed by atoms with Crippen molar-refractivity contribution in [3.05, 3.63) is 65.0 Å². The highest BCUT2D eigenvalue weighted by Crippen LogP contribution is 2.14. The molecule has 2 amide bonds. The van der Waals surface area contributed by atoms with E-state index in [4.69, 9.17) is 5.73 Å². The fourth-order valence-electron chi connectivity index (χ4n) is 1.72. The maximum atomic E-state index is 13.7. The van der Waals surface area contributed by atoms with E-state index in [9.17, 15) is 14.0 Å². The molecule has 102 valence electrons. The Morgan fingerprint density at radius 3 is 2.30 bits per heavy atom. The fraction of sp³-hybridized carbons (Fsp3) is 0.0667. The van der Waals surface area contributed by atoms with Crippen LogP contribution >= 0.6 is 0 Å². The highest BCUT2D eigenvalue weighted by molar-refractivity contribution is 6.04. The molecular formula is C15H13FN2O2. The Morgan fingerprint density at radius 2 is 1.75 bits per heavy atom. The zero-order chi connectivity index (χ0) is 14.7. The largest absolute Gasteiger partial charge is 0.366 e. The number of amides is 2. The van der Waals surface area contributed by atoms with Crippen molar-refractivity contribution in [1.82, 2.24) is 0 Å². The molecule has 0 aliphatic rings. The number of hydrogen-bond donors (Lipinski definition) is 2. The summed E-state index contributed by atoms with van der Waals surface area (Å²) in [5.41, 5.74) is 6.62. The van der Waals surface area contributed by atoms with Crippen LogP contribution < -0.4 is 11.1 Å². The van der Waals surface area contributed by atoms with Crippen LogP contribution in [0.25, 0.3) is 0 Å². The van der Waals surface area contributed by atoms with Gasteiger partial charge in [-0.15, -0.1) is 0 Å². The summed E-state index contributed by atoms with van der Waals surface area (Å²) in [6.07, 6.45) is 0. The van der Waals surface area contributed by atoms with Crippen molar-refractivity contribution >= 4 is 17.5 Å². The summed E-state index contributed by atoms with van der Waals surface area (Å²) >= 11 is 0. The summed E-state index contributed by atoms with van der Waals surface area (Å²) < 4.78 is 13.7. The normalized spacial score (nSPS) is 10.1. The number of hydrogen-bond acceptors (Lipinski definition) is 2. The zero-order valence-corrected chi connectivity index (χ0v) is 10.8. The lowest BCUT2D eigenvalue weighted by atomic mass is 10.1. The van der Waals surface area contributed by atoms with E-state index in [-0.39, 0.29) is 5.56 Å². The van der Waals surface area contributed by atoms with Crippen LogP contribution in [0.3, 0.4) is 0 Å². The Bertz CT molecular complexity index is 666. The van der Waals surface area contributed by atoms with Crippen molar-refractivity contribution < 1.29 is 14.0 Å². The lowest BCUT2D eigenvalue weighted by Crippen LogP contribution is -2.14. The molecule has 0 saturated carbocycles. The predicted octanol–water partition coefficient (Wildman–Crippen LogP) is 2.49. The number of nitrogens with one attached hydrogen (secondary N) is 1. The molecule has 2 rings (SSSR count). The zero-order valence-electron chi connectivity index (χ0n) is 10.8. The van der Waals surface area contributed by atoms with Gasteiger partial charge in [-0.1, -0.05) is 6.07 Å². The second-order valence-electron chi connectivity index (χ2n) is 4.38. The minimum absolute atomic E-state index is 0.0328. The number of primary amides is 1. The molecule has 0 bridgehead atoms. The number of nitrogens with two attached hydrogens (primary N) is 1. The molecule has 3 N–H and O–H groups in total. The SMILES string of the molecule is Cc1ccc(C(=O)Nc2ccc(C(N)=O)cc2)c(F)c1. The minimum atomic E-state index is -0.573. The van der Waals surface area contributed by atoms with Crippen molar-refractivity contribution in [2.75, 3.05) is 5.32 Å². The van der Waals surface area contributed by atoms with Gasteiger partial charge in [0.15, 0.2) is 0 Å². The number of aryl methyl sites for hydroxylation is 1. The molecule has 0 fully saturated rings. The average Bonchev–Trinajstić information content (AvgIpc) is 2.39. The molecule has 0 radical (unpaired) electrons. The van der Waals surface area contributed by atoms with Crippen molar-refractivity contribution in [1.29, 1.82) is 0 Å². The molecule has 0 atom stereocenters. The van der Waals surface area contributed by atoms with Crippen LogP contribution in [0, 0.1) is 12.7 Å². The second kappa shape index (κ2) is 5.52. The van der Waals surface area contributed by atoms with Gasteiger partial charge in [-0.25, -0.2) is 4.39 Å². The molecule has 0 aliphatic heterocycles. The number of anilines is 1. The molecule has 0 unspecified atom stereocenters. The summed E-state index contributed by atoms with van der Waals surface area (Å²) in [7, 11) is 0. The maximum Gasteiger partial charge on any atom is 0.258 e. The Labute approximate surface area is 115 Å². The highest BCUT2D eigenvalue weighted by Gasteiger charge is 2.12. The van der Waals surface area contributed by atoms with E-state index in [2.05, 4.69) is 5.32 Å². The van der Waals surface area contributed by atoms with Gasteiger partial charge in [0.2, 0.25) is 5.91 Å². The first-order valence-corrected chi connectivity index (χ1v) is 5.95. The Balaban J connectivity index is 2.17. The summed E-state index contributed by atoms with van der Waals surface area (Å²) in [6, 6.07) is 10.4. The fourth-order valence-corrected chi connectivity index (χ4v) is 1.72. The molecule has 0 spiro atoms. The van der Waals surface area contributed by atoms with Crippen molar-refractivity contribution in [2.24, 2.45) is 5.73 Å². The number of carbonyl (C=O) groups is 2. The molecule has 0 aliphatic carbocycles. The van der Waals surface area contributed by atoms with E-state index in [1.807, 2.05) is 0 Å². The van der Waals surface area contributed by atoms with Gasteiger partial charge in [0.25, 0.3) is 5.91 Å². The predicted molar refractivity (Wildman–Crippen MR) is 74.1 cm³/mol. The van der Waals surface area contributed by atoms with E-state index < -0.39 is 17.6 Å². The quantitative estimate of drug-likeness (QED) is 0.901. The first-order valence-electron chi connectivity index (χ1n) is 5.95. The first kappa shape index (κ1) is 13.7. The third kappa shape index (κ3) is 3.00. The van der Waals surface area contributed by atoms with Gasteiger partial charge < -0.3 is 11.1 Å². The molecule has 5 heteroatoms. The van der Waals surface area contributed by atoms with Gasteiger partial charge in [0.05, 0.1) is 5.56 Å². The van der Waals surface area contributed by atoms with Crippen molar-refractivity contribution in [3.63, 3.8) is 0 Å². The van der Waals surface area contributed by atoms with Crippen LogP contribution in [-0.4, -0.2) is 11.8 Å². The summed E-state index contributed by atoms with van der Waals surface area (Å²) in [6.45, 7) is 1.74. The molecule has 0 saturated heterocycles. The second-order valence-corrected chi connectivity index (χ2v) is 4.38. The van der Waals surface area contributed by atoms with Gasteiger partial charge in [-0.3, -0.25) is 9.59 Å². The summed E-state index contributed by atoms with van der Waals surface area (Å²) in [5, 5.41) is 2.55. The lowest BCUT2D eigenvalue weighted by molar-refractivity contribution is 0.0997. The minimum Gasteiger partial charge on any atom is -0.366 e. The summed E-state index contributed by atoms with van der Waals surface area (Å²) in [5.74, 6) is -1.67. The summed E-state index contributed by atoms with van der Waals surface area (Å²) in [4.78, 5) is 22.8. The molecule has 4 nitrogen and oxygen atoms in total. The number of carbonyl (C=O) groups excluding carboxylic acids is 2. The standard InChI is InChI=1S/C15H13FN2O2/c1-9-2-7-12(13(16)8-9)15(20)18-11-5-3-10(4-6-11)14(17)19/h2-8H,1H3,(H2,17,19)(H,18,20). The van der Waals surface area contributed by atoms with E-state index in [0.717, 1.165) is 5.56 Å². The third-order valence-corrected chi connectivity index (χ3v) is 2.80. The van der Waals surface area contributed by atoms with E-state index in [0.29, 0.717) is 11.3 Å². The number of halogens is 1. The van der Waals surface area contributed by atoms with Crippen LogP contribution in [0.4, 0.5) is 10.1 Å². The molecule has 0 heterocycles. The van der Waals surface area contributed by atoms with Crippen molar-refractivity contribution in [2.45, 2.75) is 6.92 Å². The Kier molecular flexibility index (Phi) is 3.79. The average molecular weight is 272 g/mol. The molecule has 2 aromatic rings. The van der Waals surface area contributed by atoms with Crippen molar-refractivity contribution in [3.8, 4) is 0 Å². The van der Waals surface area contributed by atoms with Gasteiger partial charge in [0, 0.05) is 11.3 Å². The van der Waals surface area contributed by atoms with Crippen LogP contribution in [0.5, 0.6) is 0 Å². The monoisotopic (exact) mass is 272 g/mol. The van der Waals surface area contributed by atoms with Gasteiger partial charge in [0.1, 0.15) is 5.82 Å². The lowest BCUT2D eigenvalue weighted by Gasteiger charge is -2.07. The van der Waals surface area contributed by atoms with E-state index in [1.165, 1.54) is 36.4 Å². The molecule has 20 heavy (non-hydrogen) atoms. The van der Waals surface area contributed by atoms with E-state index in [1.54, 1.807) is 13.0 Å². The first-order chi connectivity index (χ1) is 9.47. The highest BCUT2D eigenvalue weighted by atomic mass is 19.1. The van der Waals surface area contributed by atoms with Gasteiger partial charge in [-0.2, -0.15) is 0 Å². The van der Waals surface area contributed by atoms with Crippen LogP contribution in [0.1, 0.15) is 26.3 Å². The van der Waals surface area contributed by atoms with Crippen LogP contribution in [0.15, 0.2) is 42.5 Å². The topological polar surface area (TPSA) is 72.2 Å². The Hall–Kier alpha value is -2.69. The smallest absolute Gasteiger partial charge is 0.258 e.